The zero-order valence-electron chi connectivity index (χ0n) is 36.3. The van der Waals surface area contributed by atoms with Crippen LogP contribution in [0.1, 0.15) is 0 Å². The Labute approximate surface area is 385 Å². The summed E-state index contributed by atoms with van der Waals surface area (Å²) in [6.07, 6.45) is 0. The van der Waals surface area contributed by atoms with Crippen molar-refractivity contribution in [3.8, 4) is 61.3 Å². The fourth-order valence-electron chi connectivity index (χ4n) is 9.77. The first-order valence-corrected chi connectivity index (χ1v) is 22.7. The van der Waals surface area contributed by atoms with Gasteiger partial charge in [0, 0.05) is 33.4 Å². The van der Waals surface area contributed by atoms with E-state index in [2.05, 4.69) is 276 Å². The smallest absolute Gasteiger partial charge is 0.0546 e. The van der Waals surface area contributed by atoms with E-state index in [-0.39, 0.29) is 0 Å². The summed E-state index contributed by atoms with van der Waals surface area (Å²) in [7, 11) is 0. The van der Waals surface area contributed by atoms with Crippen molar-refractivity contribution in [2.24, 2.45) is 0 Å². The molecule has 0 atom stereocenters. The van der Waals surface area contributed by atoms with Gasteiger partial charge in [0.25, 0.3) is 0 Å². The number of hydrogen-bond acceptors (Lipinski definition) is 1. The van der Waals surface area contributed by atoms with Crippen molar-refractivity contribution >= 4 is 49.6 Å². The van der Waals surface area contributed by atoms with Gasteiger partial charge in [-0.25, -0.2) is 0 Å². The van der Waals surface area contributed by atoms with E-state index < -0.39 is 0 Å². The molecular formula is C64H44N2. The van der Waals surface area contributed by atoms with Crippen LogP contribution >= 0.6 is 0 Å². The Morgan fingerprint density at radius 2 is 0.667 bits per heavy atom. The van der Waals surface area contributed by atoms with Crippen molar-refractivity contribution < 1.29 is 0 Å². The Morgan fingerprint density at radius 1 is 0.258 bits per heavy atom. The molecule has 12 aromatic rings. The van der Waals surface area contributed by atoms with Crippen molar-refractivity contribution in [1.82, 2.24) is 4.57 Å². The highest BCUT2D eigenvalue weighted by molar-refractivity contribution is 6.10. The van der Waals surface area contributed by atoms with Crippen molar-refractivity contribution in [3.63, 3.8) is 0 Å². The lowest BCUT2D eigenvalue weighted by molar-refractivity contribution is 1.18. The Balaban J connectivity index is 0.962. The molecule has 66 heavy (non-hydrogen) atoms. The second-order valence-electron chi connectivity index (χ2n) is 16.9. The molecule has 0 unspecified atom stereocenters. The largest absolute Gasteiger partial charge is 0.310 e. The fourth-order valence-corrected chi connectivity index (χ4v) is 9.77. The molecule has 0 spiro atoms. The highest BCUT2D eigenvalue weighted by Gasteiger charge is 2.20. The molecular weight excluding hydrogens is 797 g/mol. The quantitative estimate of drug-likeness (QED) is 0.141. The summed E-state index contributed by atoms with van der Waals surface area (Å²) in [5.74, 6) is 0. The molecule has 1 aromatic heterocycles. The second kappa shape index (κ2) is 16.8. The molecule has 0 saturated heterocycles. The molecule has 0 N–H and O–H groups in total. The molecule has 0 aliphatic rings. The zero-order chi connectivity index (χ0) is 43.8. The molecule has 1 heterocycles. The van der Waals surface area contributed by atoms with Gasteiger partial charge >= 0.3 is 0 Å². The van der Waals surface area contributed by atoms with Crippen LogP contribution < -0.4 is 4.90 Å². The van der Waals surface area contributed by atoms with Crippen LogP contribution in [0.2, 0.25) is 0 Å². The minimum atomic E-state index is 1.08. The molecule has 2 nitrogen and oxygen atoms in total. The molecule has 0 bridgehead atoms. The summed E-state index contributed by atoms with van der Waals surface area (Å²) in [4.78, 5) is 2.38. The third kappa shape index (κ3) is 7.12. The van der Waals surface area contributed by atoms with Crippen LogP contribution in [0, 0.1) is 0 Å². The van der Waals surface area contributed by atoms with Crippen LogP contribution in [0.4, 0.5) is 17.1 Å². The third-order valence-corrected chi connectivity index (χ3v) is 13.0. The van der Waals surface area contributed by atoms with Gasteiger partial charge in [0.1, 0.15) is 0 Å². The van der Waals surface area contributed by atoms with E-state index in [1.165, 1.54) is 82.6 Å². The Morgan fingerprint density at radius 3 is 1.24 bits per heavy atom. The summed E-state index contributed by atoms with van der Waals surface area (Å²) >= 11 is 0. The first kappa shape index (κ1) is 38.9. The first-order chi connectivity index (χ1) is 32.7. The minimum Gasteiger partial charge on any atom is -0.310 e. The summed E-state index contributed by atoms with van der Waals surface area (Å²) in [6, 6.07) is 96.8. The molecule has 310 valence electrons. The maximum absolute atomic E-state index is 2.44. The molecule has 2 heteroatoms. The molecule has 12 rings (SSSR count). The normalized spacial score (nSPS) is 11.3. The number of anilines is 3. The predicted molar refractivity (Wildman–Crippen MR) is 280 cm³/mol. The maximum Gasteiger partial charge on any atom is 0.0546 e. The van der Waals surface area contributed by atoms with Gasteiger partial charge in [0.05, 0.1) is 16.7 Å². The SMILES string of the molecule is c1ccc(-c2ccc(-c3ccc(N(c4ccc(-c5cccc(-n6c7ccccc7c7ccccc76)c5-c5ccccc5)cc4)c4ccc5cc(-c6ccccc6)ccc5c4)cc3)cc2)cc1. The van der Waals surface area contributed by atoms with Gasteiger partial charge in [-0.1, -0.05) is 206 Å². The fraction of sp³-hybridized carbons (Fsp3) is 0. The van der Waals surface area contributed by atoms with E-state index in [1.807, 2.05) is 0 Å². The highest BCUT2D eigenvalue weighted by atomic mass is 15.1. The van der Waals surface area contributed by atoms with E-state index in [0.717, 1.165) is 28.3 Å². The number of benzene rings is 11. The lowest BCUT2D eigenvalue weighted by atomic mass is 9.92. The van der Waals surface area contributed by atoms with Crippen LogP contribution in [0.25, 0.3) is 93.9 Å². The lowest BCUT2D eigenvalue weighted by Crippen LogP contribution is -2.10. The number of nitrogens with zero attached hydrogens (tertiary/aromatic N) is 2. The zero-order valence-corrected chi connectivity index (χ0v) is 36.3. The molecule has 0 aliphatic heterocycles. The van der Waals surface area contributed by atoms with Crippen LogP contribution in [0.3, 0.4) is 0 Å². The maximum atomic E-state index is 2.44. The number of hydrogen-bond donors (Lipinski definition) is 0. The molecule has 0 aliphatic carbocycles. The average molecular weight is 841 g/mol. The van der Waals surface area contributed by atoms with Crippen LogP contribution in [0.15, 0.2) is 267 Å². The van der Waals surface area contributed by atoms with E-state index >= 15 is 0 Å². The van der Waals surface area contributed by atoms with E-state index in [9.17, 15) is 0 Å². The lowest BCUT2D eigenvalue weighted by Gasteiger charge is -2.26. The predicted octanol–water partition coefficient (Wildman–Crippen LogP) is 17.7. The summed E-state index contributed by atoms with van der Waals surface area (Å²) in [6.45, 7) is 0. The number of para-hydroxylation sites is 2. The second-order valence-corrected chi connectivity index (χ2v) is 16.9. The van der Waals surface area contributed by atoms with E-state index in [1.54, 1.807) is 0 Å². The number of rotatable bonds is 9. The summed E-state index contributed by atoms with van der Waals surface area (Å²) < 4.78 is 2.44. The Kier molecular flexibility index (Phi) is 9.89. The van der Waals surface area contributed by atoms with E-state index in [0.29, 0.717) is 0 Å². The Bertz CT molecular complexity index is 3590. The molecule has 11 aromatic carbocycles. The molecule has 0 fully saturated rings. The van der Waals surface area contributed by atoms with Crippen LogP contribution in [0.5, 0.6) is 0 Å². The molecule has 0 amide bonds. The van der Waals surface area contributed by atoms with Gasteiger partial charge in [-0.2, -0.15) is 0 Å². The topological polar surface area (TPSA) is 8.17 Å². The highest BCUT2D eigenvalue weighted by Crippen LogP contribution is 2.43. The monoisotopic (exact) mass is 840 g/mol. The van der Waals surface area contributed by atoms with Crippen molar-refractivity contribution in [1.29, 1.82) is 0 Å². The molecule has 0 radical (unpaired) electrons. The van der Waals surface area contributed by atoms with Crippen molar-refractivity contribution in [3.05, 3.63) is 267 Å². The van der Waals surface area contributed by atoms with Gasteiger partial charge in [-0.05, 0) is 122 Å². The third-order valence-electron chi connectivity index (χ3n) is 13.0. The van der Waals surface area contributed by atoms with Crippen LogP contribution in [-0.4, -0.2) is 4.57 Å². The standard InChI is InChI=1S/C64H44N2/c1-4-15-45(16-5-1)47-27-29-48(30-28-47)49-33-38-55(39-34-49)65(57-42-37-53-43-52(31-32-54(53)44-57)46-17-6-2-7-18-46)56-40-35-50(36-41-56)58-23-14-26-63(64(58)51-19-8-3-9-20-51)66-61-24-12-10-21-59(61)60-22-11-13-25-62(60)66/h1-44H. The average Bonchev–Trinajstić information content (AvgIpc) is 3.74. The van der Waals surface area contributed by atoms with E-state index in [4.69, 9.17) is 0 Å². The number of aromatic nitrogens is 1. The first-order valence-electron chi connectivity index (χ1n) is 22.7. The van der Waals surface area contributed by atoms with Crippen molar-refractivity contribution in [2.75, 3.05) is 4.90 Å². The van der Waals surface area contributed by atoms with Crippen LogP contribution in [-0.2, 0) is 0 Å². The molecule has 0 saturated carbocycles. The van der Waals surface area contributed by atoms with Gasteiger partial charge < -0.3 is 9.47 Å². The van der Waals surface area contributed by atoms with Gasteiger partial charge in [0.15, 0.2) is 0 Å². The number of fused-ring (bicyclic) bond motifs is 4. The minimum absolute atomic E-state index is 1.08. The van der Waals surface area contributed by atoms with Gasteiger partial charge in [0.2, 0.25) is 0 Å². The summed E-state index contributed by atoms with van der Waals surface area (Å²) in [5.41, 5.74) is 18.8. The van der Waals surface area contributed by atoms with Gasteiger partial charge in [-0.15, -0.1) is 0 Å². The Hall–Kier alpha value is -8.72. The van der Waals surface area contributed by atoms with Gasteiger partial charge in [-0.3, -0.25) is 0 Å². The van der Waals surface area contributed by atoms with Crippen molar-refractivity contribution in [2.45, 2.75) is 0 Å². The summed E-state index contributed by atoms with van der Waals surface area (Å²) in [5, 5.41) is 4.90.